The first-order chi connectivity index (χ1) is 16.0. The van der Waals surface area contributed by atoms with Crippen molar-refractivity contribution >= 4 is 17.4 Å². The first kappa shape index (κ1) is 25.5. The molecule has 3 rings (SSSR count). The molecule has 1 saturated heterocycles. The number of aryl methyl sites for hydroxylation is 1. The van der Waals surface area contributed by atoms with Gasteiger partial charge in [-0.05, 0) is 68.2 Å². The van der Waals surface area contributed by atoms with Gasteiger partial charge in [0.05, 0.1) is 18.2 Å². The summed E-state index contributed by atoms with van der Waals surface area (Å²) in [6.45, 7) is 11.7. The summed E-state index contributed by atoms with van der Waals surface area (Å²) in [6.07, 6.45) is 0. The number of ether oxygens (including phenoxy) is 1. The molecule has 1 atom stereocenters. The summed E-state index contributed by atoms with van der Waals surface area (Å²) in [6, 6.07) is 12.6. The van der Waals surface area contributed by atoms with Crippen LogP contribution in [-0.4, -0.2) is 60.4 Å². The first-order valence-corrected chi connectivity index (χ1v) is 11.7. The molecule has 1 unspecified atom stereocenters. The van der Waals surface area contributed by atoms with Crippen LogP contribution in [0.15, 0.2) is 48.0 Å². The van der Waals surface area contributed by atoms with Crippen molar-refractivity contribution in [1.82, 2.24) is 9.80 Å². The van der Waals surface area contributed by atoms with Crippen LogP contribution < -0.4 is 4.74 Å². The monoisotopic (exact) mass is 464 g/mol. The maximum absolute atomic E-state index is 13.2. The number of carbonyl (C=O) groups is 2. The van der Waals surface area contributed by atoms with Crippen LogP contribution in [0.1, 0.15) is 56.0 Å². The second-order valence-electron chi connectivity index (χ2n) is 10.1. The van der Waals surface area contributed by atoms with Crippen LogP contribution in [0.5, 0.6) is 5.75 Å². The third kappa shape index (κ3) is 5.17. The zero-order valence-corrected chi connectivity index (χ0v) is 21.3. The maximum atomic E-state index is 13.2. The van der Waals surface area contributed by atoms with Gasteiger partial charge in [-0.1, -0.05) is 45.0 Å². The molecular formula is C28H36N2O4. The molecule has 1 aliphatic rings. The van der Waals surface area contributed by atoms with Crippen molar-refractivity contribution in [3.63, 3.8) is 0 Å². The lowest BCUT2D eigenvalue weighted by Gasteiger charge is -2.27. The number of benzene rings is 2. The standard InChI is InChI=1S/C28H36N2O4/c1-8-34-22-14-11-20(17-18(22)2)25(31)23-24(19-9-12-21(13-10-19)28(3,4)5)30(16-15-29(6)7)27(33)26(23)32/h9-14,17,24,31H,8,15-16H2,1-7H3/b25-23-. The fraction of sp³-hybridized carbons (Fsp3) is 0.429. The van der Waals surface area contributed by atoms with Crippen LogP contribution in [0.25, 0.3) is 5.76 Å². The molecule has 2 aromatic rings. The van der Waals surface area contributed by atoms with Gasteiger partial charge < -0.3 is 19.6 Å². The summed E-state index contributed by atoms with van der Waals surface area (Å²) >= 11 is 0. The lowest BCUT2D eigenvalue weighted by atomic mass is 9.85. The van der Waals surface area contributed by atoms with E-state index >= 15 is 0 Å². The highest BCUT2D eigenvalue weighted by molar-refractivity contribution is 6.46. The van der Waals surface area contributed by atoms with Crippen LogP contribution in [-0.2, 0) is 15.0 Å². The van der Waals surface area contributed by atoms with Gasteiger partial charge >= 0.3 is 0 Å². The number of likely N-dealkylation sites (N-methyl/N-ethyl adjacent to an activating group) is 1. The van der Waals surface area contributed by atoms with E-state index in [-0.39, 0.29) is 16.7 Å². The van der Waals surface area contributed by atoms with Crippen LogP contribution >= 0.6 is 0 Å². The molecule has 0 aliphatic carbocycles. The molecule has 34 heavy (non-hydrogen) atoms. The number of rotatable bonds is 7. The largest absolute Gasteiger partial charge is 0.507 e. The summed E-state index contributed by atoms with van der Waals surface area (Å²) in [5.41, 5.74) is 3.39. The number of carbonyl (C=O) groups excluding carboxylic acids is 2. The Morgan fingerprint density at radius 2 is 1.74 bits per heavy atom. The molecule has 6 nitrogen and oxygen atoms in total. The topological polar surface area (TPSA) is 70.1 Å². The molecule has 0 spiro atoms. The summed E-state index contributed by atoms with van der Waals surface area (Å²) in [5, 5.41) is 11.3. The second-order valence-corrected chi connectivity index (χ2v) is 10.1. The summed E-state index contributed by atoms with van der Waals surface area (Å²) in [4.78, 5) is 29.8. The van der Waals surface area contributed by atoms with Gasteiger partial charge in [0.15, 0.2) is 0 Å². The zero-order valence-electron chi connectivity index (χ0n) is 21.3. The normalized spacial score (nSPS) is 18.1. The lowest BCUT2D eigenvalue weighted by Crippen LogP contribution is -2.35. The molecule has 1 fully saturated rings. The van der Waals surface area contributed by atoms with Gasteiger partial charge in [0.2, 0.25) is 0 Å². The average molecular weight is 465 g/mol. The molecule has 182 valence electrons. The Bertz CT molecular complexity index is 1090. The van der Waals surface area contributed by atoms with Crippen LogP contribution in [0.3, 0.4) is 0 Å². The Hall–Kier alpha value is -3.12. The van der Waals surface area contributed by atoms with E-state index in [0.29, 0.717) is 25.3 Å². The fourth-order valence-corrected chi connectivity index (χ4v) is 4.20. The van der Waals surface area contributed by atoms with E-state index in [1.165, 1.54) is 0 Å². The summed E-state index contributed by atoms with van der Waals surface area (Å²) < 4.78 is 5.60. The zero-order chi connectivity index (χ0) is 25.2. The molecule has 1 N–H and O–H groups in total. The fourth-order valence-electron chi connectivity index (χ4n) is 4.20. The molecule has 6 heteroatoms. The maximum Gasteiger partial charge on any atom is 0.295 e. The Labute approximate surface area is 202 Å². The van der Waals surface area contributed by atoms with Crippen molar-refractivity contribution in [3.8, 4) is 5.75 Å². The number of aliphatic hydroxyl groups is 1. The van der Waals surface area contributed by atoms with Crippen LogP contribution in [0.4, 0.5) is 0 Å². The quantitative estimate of drug-likeness (QED) is 0.366. The summed E-state index contributed by atoms with van der Waals surface area (Å²) in [5.74, 6) is -0.690. The molecule has 1 aliphatic heterocycles. The van der Waals surface area contributed by atoms with E-state index < -0.39 is 17.7 Å². The number of Topliss-reactive ketones (excluding diaryl/α,β-unsaturated/α-hetero) is 1. The molecule has 1 amide bonds. The second kappa shape index (κ2) is 10.0. The molecule has 0 bridgehead atoms. The van der Waals surface area contributed by atoms with Gasteiger partial charge in [-0.3, -0.25) is 9.59 Å². The molecule has 1 heterocycles. The smallest absolute Gasteiger partial charge is 0.295 e. The third-order valence-corrected chi connectivity index (χ3v) is 6.17. The number of likely N-dealkylation sites (tertiary alicyclic amines) is 1. The highest BCUT2D eigenvalue weighted by Crippen LogP contribution is 2.40. The Kier molecular flexibility index (Phi) is 7.51. The highest BCUT2D eigenvalue weighted by atomic mass is 16.5. The van der Waals surface area contributed by atoms with Crippen LogP contribution in [0.2, 0.25) is 0 Å². The van der Waals surface area contributed by atoms with E-state index in [9.17, 15) is 14.7 Å². The Morgan fingerprint density at radius 3 is 2.26 bits per heavy atom. The number of nitrogens with zero attached hydrogens (tertiary/aromatic N) is 2. The van der Waals surface area contributed by atoms with E-state index in [1.54, 1.807) is 23.1 Å². The van der Waals surface area contributed by atoms with Gasteiger partial charge in [0.25, 0.3) is 11.7 Å². The number of hydrogen-bond donors (Lipinski definition) is 1. The van der Waals surface area contributed by atoms with Crippen molar-refractivity contribution in [3.05, 3.63) is 70.3 Å². The SMILES string of the molecule is CCOc1ccc(/C(O)=C2/C(=O)C(=O)N(CCN(C)C)C2c2ccc(C(C)(C)C)cc2)cc1C. The van der Waals surface area contributed by atoms with Gasteiger partial charge in [-0.25, -0.2) is 0 Å². The minimum Gasteiger partial charge on any atom is -0.507 e. The third-order valence-electron chi connectivity index (χ3n) is 6.17. The van der Waals surface area contributed by atoms with Crippen molar-refractivity contribution < 1.29 is 19.4 Å². The first-order valence-electron chi connectivity index (χ1n) is 11.7. The number of ketones is 1. The van der Waals surface area contributed by atoms with Crippen molar-refractivity contribution in [2.45, 2.75) is 46.1 Å². The predicted octanol–water partition coefficient (Wildman–Crippen LogP) is 4.67. The van der Waals surface area contributed by atoms with Crippen LogP contribution in [0, 0.1) is 6.92 Å². The molecule has 0 aromatic heterocycles. The Morgan fingerprint density at radius 1 is 1.09 bits per heavy atom. The van der Waals surface area contributed by atoms with Gasteiger partial charge in [-0.15, -0.1) is 0 Å². The Balaban J connectivity index is 2.13. The molecule has 0 saturated carbocycles. The highest BCUT2D eigenvalue weighted by Gasteiger charge is 2.46. The molecular weight excluding hydrogens is 428 g/mol. The van der Waals surface area contributed by atoms with Crippen molar-refractivity contribution in [2.75, 3.05) is 33.8 Å². The number of amides is 1. The van der Waals surface area contributed by atoms with E-state index in [2.05, 4.69) is 20.8 Å². The van der Waals surface area contributed by atoms with Gasteiger partial charge in [-0.2, -0.15) is 0 Å². The number of hydrogen-bond acceptors (Lipinski definition) is 5. The lowest BCUT2D eigenvalue weighted by molar-refractivity contribution is -0.140. The van der Waals surface area contributed by atoms with Gasteiger partial charge in [0.1, 0.15) is 11.5 Å². The number of aliphatic hydroxyl groups excluding tert-OH is 1. The van der Waals surface area contributed by atoms with E-state index in [1.807, 2.05) is 57.1 Å². The predicted molar refractivity (Wildman–Crippen MR) is 135 cm³/mol. The van der Waals surface area contributed by atoms with E-state index in [0.717, 1.165) is 22.4 Å². The van der Waals surface area contributed by atoms with Crippen molar-refractivity contribution in [2.24, 2.45) is 0 Å². The average Bonchev–Trinajstić information content (AvgIpc) is 3.03. The minimum atomic E-state index is -0.660. The minimum absolute atomic E-state index is 0.0227. The molecule has 0 radical (unpaired) electrons. The van der Waals surface area contributed by atoms with E-state index in [4.69, 9.17) is 4.74 Å². The molecule has 2 aromatic carbocycles. The van der Waals surface area contributed by atoms with Gasteiger partial charge in [0, 0.05) is 18.7 Å². The van der Waals surface area contributed by atoms with Crippen molar-refractivity contribution in [1.29, 1.82) is 0 Å². The summed E-state index contributed by atoms with van der Waals surface area (Å²) in [7, 11) is 3.85.